The van der Waals surface area contributed by atoms with Crippen LogP contribution in [0.5, 0.6) is 0 Å². The first-order valence-electron chi connectivity index (χ1n) is 12.2. The van der Waals surface area contributed by atoms with E-state index in [1.807, 2.05) is 6.08 Å². The van der Waals surface area contributed by atoms with E-state index in [9.17, 15) is 0 Å². The molecule has 0 heteroatoms. The minimum atomic E-state index is -0.164. The van der Waals surface area contributed by atoms with E-state index < -0.39 is 0 Å². The van der Waals surface area contributed by atoms with E-state index in [-0.39, 0.29) is 5.41 Å². The van der Waals surface area contributed by atoms with E-state index >= 15 is 0 Å². The van der Waals surface area contributed by atoms with Crippen molar-refractivity contribution in [2.24, 2.45) is 0 Å². The van der Waals surface area contributed by atoms with E-state index in [4.69, 9.17) is 0 Å². The molecule has 0 saturated carbocycles. The third-order valence-electron chi connectivity index (χ3n) is 7.02. The monoisotopic (exact) mass is 420 g/mol. The summed E-state index contributed by atoms with van der Waals surface area (Å²) in [5.41, 5.74) is 10.9. The van der Waals surface area contributed by atoms with Crippen LogP contribution in [-0.4, -0.2) is 0 Å². The van der Waals surface area contributed by atoms with Gasteiger partial charge in [-0.1, -0.05) is 123 Å². The van der Waals surface area contributed by atoms with Crippen LogP contribution in [0.25, 0.3) is 11.1 Å². The molecule has 0 radical (unpaired) electrons. The van der Waals surface area contributed by atoms with E-state index in [0.717, 1.165) is 6.42 Å². The summed E-state index contributed by atoms with van der Waals surface area (Å²) in [5.74, 6) is 0. The maximum absolute atomic E-state index is 3.90. The van der Waals surface area contributed by atoms with Crippen LogP contribution >= 0.6 is 0 Å². The number of benzene rings is 3. The lowest BCUT2D eigenvalue weighted by Gasteiger charge is -2.32. The van der Waals surface area contributed by atoms with E-state index in [1.54, 1.807) is 0 Å². The summed E-state index contributed by atoms with van der Waals surface area (Å²) in [4.78, 5) is 0. The SMILES string of the molecule is C=C/C=C/CC1(c2ccc(CCCCCC)cc2)c2cc(C)ccc2-c2ccc(C)cc21. The molecular formula is C32H36. The Hall–Kier alpha value is -2.86. The van der Waals surface area contributed by atoms with Crippen LogP contribution in [0.3, 0.4) is 0 Å². The first-order chi connectivity index (χ1) is 15.6. The smallest absolute Gasteiger partial charge is 0.0498 e. The summed E-state index contributed by atoms with van der Waals surface area (Å²) in [6.07, 6.45) is 13.6. The Kier molecular flexibility index (Phi) is 6.80. The maximum Gasteiger partial charge on any atom is 0.0498 e. The van der Waals surface area contributed by atoms with Gasteiger partial charge in [0, 0.05) is 5.41 Å². The van der Waals surface area contributed by atoms with Gasteiger partial charge in [0.2, 0.25) is 0 Å². The summed E-state index contributed by atoms with van der Waals surface area (Å²) in [6.45, 7) is 10.6. The molecule has 0 heterocycles. The van der Waals surface area contributed by atoms with Gasteiger partial charge in [0.15, 0.2) is 0 Å². The van der Waals surface area contributed by atoms with Crippen molar-refractivity contribution in [1.29, 1.82) is 0 Å². The molecule has 0 N–H and O–H groups in total. The van der Waals surface area contributed by atoms with Gasteiger partial charge in [0.1, 0.15) is 0 Å². The highest BCUT2D eigenvalue weighted by molar-refractivity contribution is 5.84. The lowest BCUT2D eigenvalue weighted by molar-refractivity contribution is 0.642. The van der Waals surface area contributed by atoms with E-state index in [2.05, 4.69) is 100 Å². The molecule has 0 spiro atoms. The molecule has 1 aliphatic carbocycles. The van der Waals surface area contributed by atoms with Crippen LogP contribution in [0.1, 0.15) is 72.4 Å². The Morgan fingerprint density at radius 2 is 1.41 bits per heavy atom. The van der Waals surface area contributed by atoms with Crippen LogP contribution in [0.2, 0.25) is 0 Å². The number of aryl methyl sites for hydroxylation is 3. The van der Waals surface area contributed by atoms with Gasteiger partial charge in [-0.25, -0.2) is 0 Å². The summed E-state index contributed by atoms with van der Waals surface area (Å²) in [5, 5.41) is 0. The molecule has 1 aliphatic rings. The van der Waals surface area contributed by atoms with Gasteiger partial charge < -0.3 is 0 Å². The van der Waals surface area contributed by atoms with Gasteiger partial charge in [-0.05, 0) is 66.5 Å². The molecule has 0 fully saturated rings. The number of allylic oxidation sites excluding steroid dienone is 3. The fraction of sp³-hybridized carbons (Fsp3) is 0.312. The fourth-order valence-electron chi connectivity index (χ4n) is 5.34. The zero-order chi connectivity index (χ0) is 22.6. The Morgan fingerprint density at radius 1 is 0.781 bits per heavy atom. The minimum Gasteiger partial charge on any atom is -0.0991 e. The highest BCUT2D eigenvalue weighted by atomic mass is 14.5. The molecule has 0 aliphatic heterocycles. The molecule has 0 atom stereocenters. The Labute approximate surface area is 194 Å². The molecule has 3 aromatic rings. The van der Waals surface area contributed by atoms with Crippen LogP contribution in [0.15, 0.2) is 85.5 Å². The Morgan fingerprint density at radius 3 is 1.97 bits per heavy atom. The summed E-state index contributed by atoms with van der Waals surface area (Å²) in [7, 11) is 0. The maximum atomic E-state index is 3.90. The number of rotatable bonds is 9. The van der Waals surface area contributed by atoms with Gasteiger partial charge >= 0.3 is 0 Å². The first kappa shape index (κ1) is 22.3. The average molecular weight is 421 g/mol. The molecule has 0 bridgehead atoms. The molecule has 0 amide bonds. The van der Waals surface area contributed by atoms with Crippen molar-refractivity contribution in [3.8, 4) is 11.1 Å². The van der Waals surface area contributed by atoms with Crippen molar-refractivity contribution in [2.45, 2.75) is 64.7 Å². The Balaban J connectivity index is 1.84. The second-order valence-corrected chi connectivity index (χ2v) is 9.38. The quantitative estimate of drug-likeness (QED) is 0.239. The standard InChI is InChI=1S/C32H36/c1-5-7-9-10-12-26-15-17-27(18-16-26)32(21-11-8-6-2)30-22-24(3)13-19-28(30)29-20-14-25(4)23-31(29)32/h6,8,11,13-20,22-23H,2,5,7,9-10,12,21H2,1,3-4H3/b11-8+. The highest BCUT2D eigenvalue weighted by Crippen LogP contribution is 2.55. The molecule has 4 rings (SSSR count). The van der Waals surface area contributed by atoms with Crippen LogP contribution < -0.4 is 0 Å². The summed E-state index contributed by atoms with van der Waals surface area (Å²) < 4.78 is 0. The molecular weight excluding hydrogens is 384 g/mol. The van der Waals surface area contributed by atoms with Crippen molar-refractivity contribution in [1.82, 2.24) is 0 Å². The minimum absolute atomic E-state index is 0.164. The van der Waals surface area contributed by atoms with Crippen LogP contribution in [0, 0.1) is 13.8 Å². The van der Waals surface area contributed by atoms with Gasteiger partial charge in [-0.2, -0.15) is 0 Å². The van der Waals surface area contributed by atoms with Crippen molar-refractivity contribution in [3.63, 3.8) is 0 Å². The third kappa shape index (κ3) is 4.11. The first-order valence-corrected chi connectivity index (χ1v) is 12.2. The zero-order valence-electron chi connectivity index (χ0n) is 20.0. The second kappa shape index (κ2) is 9.74. The molecule has 0 aromatic heterocycles. The molecule has 164 valence electrons. The Bertz CT molecular complexity index is 1060. The zero-order valence-corrected chi connectivity index (χ0v) is 20.0. The van der Waals surface area contributed by atoms with E-state index in [0.29, 0.717) is 0 Å². The van der Waals surface area contributed by atoms with Crippen LogP contribution in [0.4, 0.5) is 0 Å². The number of fused-ring (bicyclic) bond motifs is 3. The lowest BCUT2D eigenvalue weighted by Crippen LogP contribution is -2.26. The lowest BCUT2D eigenvalue weighted by atomic mass is 9.69. The van der Waals surface area contributed by atoms with Crippen molar-refractivity contribution in [2.75, 3.05) is 0 Å². The molecule has 0 saturated heterocycles. The normalized spacial score (nSPS) is 13.8. The second-order valence-electron chi connectivity index (χ2n) is 9.38. The molecule has 32 heavy (non-hydrogen) atoms. The highest BCUT2D eigenvalue weighted by Gasteiger charge is 2.43. The van der Waals surface area contributed by atoms with E-state index in [1.165, 1.54) is 76.6 Å². The largest absolute Gasteiger partial charge is 0.0991 e. The predicted octanol–water partition coefficient (Wildman–Crippen LogP) is 8.87. The average Bonchev–Trinajstić information content (AvgIpc) is 3.06. The summed E-state index contributed by atoms with van der Waals surface area (Å²) in [6, 6.07) is 23.5. The number of hydrogen-bond donors (Lipinski definition) is 0. The third-order valence-corrected chi connectivity index (χ3v) is 7.02. The molecule has 0 unspecified atom stereocenters. The summed E-state index contributed by atoms with van der Waals surface area (Å²) >= 11 is 0. The van der Waals surface area contributed by atoms with Gasteiger partial charge in [0.05, 0.1) is 0 Å². The topological polar surface area (TPSA) is 0 Å². The van der Waals surface area contributed by atoms with Crippen molar-refractivity contribution in [3.05, 3.63) is 119 Å². The number of unbranched alkanes of at least 4 members (excludes halogenated alkanes) is 3. The van der Waals surface area contributed by atoms with Crippen molar-refractivity contribution < 1.29 is 0 Å². The molecule has 0 nitrogen and oxygen atoms in total. The van der Waals surface area contributed by atoms with Gasteiger partial charge in [0.25, 0.3) is 0 Å². The van der Waals surface area contributed by atoms with Crippen LogP contribution in [-0.2, 0) is 11.8 Å². The predicted molar refractivity (Wildman–Crippen MR) is 139 cm³/mol. The van der Waals surface area contributed by atoms with Gasteiger partial charge in [-0.15, -0.1) is 0 Å². The number of hydrogen-bond acceptors (Lipinski definition) is 0. The van der Waals surface area contributed by atoms with Crippen molar-refractivity contribution >= 4 is 0 Å². The fourth-order valence-corrected chi connectivity index (χ4v) is 5.34. The van der Waals surface area contributed by atoms with Gasteiger partial charge in [-0.3, -0.25) is 0 Å². The molecule has 3 aromatic carbocycles.